The van der Waals surface area contributed by atoms with Crippen LogP contribution in [-0.2, 0) is 30.7 Å². The summed E-state index contributed by atoms with van der Waals surface area (Å²) < 4.78 is 0. The van der Waals surface area contributed by atoms with Crippen molar-refractivity contribution in [1.82, 2.24) is 0 Å². The van der Waals surface area contributed by atoms with Crippen LogP contribution >= 0.6 is 0 Å². The van der Waals surface area contributed by atoms with Crippen LogP contribution in [-0.4, -0.2) is 30.6 Å². The van der Waals surface area contributed by atoms with E-state index in [1.807, 2.05) is 0 Å². The molecule has 1 rings (SSSR count). The second kappa shape index (κ2) is 11.3. The molecule has 0 aliphatic heterocycles. The molecule has 0 bridgehead atoms. The van der Waals surface area contributed by atoms with E-state index in [4.69, 9.17) is 17.2 Å². The topological polar surface area (TPSA) is 158 Å². The van der Waals surface area contributed by atoms with E-state index in [-0.39, 0.29) is 46.1 Å². The smallest absolute Gasteiger partial charge is 0.549 e. The van der Waals surface area contributed by atoms with Crippen LogP contribution in [0.25, 0.3) is 0 Å². The number of rotatable bonds is 4. The van der Waals surface area contributed by atoms with Gasteiger partial charge in [-0.3, -0.25) is 0 Å². The van der Waals surface area contributed by atoms with Crippen molar-refractivity contribution in [2.75, 3.05) is 6.54 Å². The summed E-state index contributed by atoms with van der Waals surface area (Å²) in [5, 5.41) is 19.9. The molecular formula is C11H21N3O4Pt. The van der Waals surface area contributed by atoms with Gasteiger partial charge in [-0.1, -0.05) is 12.8 Å². The van der Waals surface area contributed by atoms with Crippen molar-refractivity contribution in [3.05, 3.63) is 0 Å². The molecule has 8 heteroatoms. The molecule has 2 atom stereocenters. The van der Waals surface area contributed by atoms with Crippen LogP contribution < -0.4 is 27.4 Å². The first-order valence-electron chi connectivity index (χ1n) is 6.03. The van der Waals surface area contributed by atoms with E-state index in [9.17, 15) is 19.8 Å². The Morgan fingerprint density at radius 2 is 1.42 bits per heavy atom. The summed E-state index contributed by atoms with van der Waals surface area (Å²) in [6, 6.07) is 0.562. The minimum Gasteiger partial charge on any atom is -0.549 e. The van der Waals surface area contributed by atoms with Crippen LogP contribution in [0.4, 0.5) is 0 Å². The van der Waals surface area contributed by atoms with Crippen molar-refractivity contribution in [2.24, 2.45) is 23.1 Å². The van der Waals surface area contributed by atoms with Gasteiger partial charge in [-0.2, -0.15) is 0 Å². The van der Waals surface area contributed by atoms with Gasteiger partial charge in [0.05, 0.1) is 11.9 Å². The number of carbonyl (C=O) groups excluding carboxylic acids is 2. The van der Waals surface area contributed by atoms with E-state index in [0.717, 1.165) is 12.8 Å². The Labute approximate surface area is 127 Å². The van der Waals surface area contributed by atoms with Crippen molar-refractivity contribution in [3.63, 3.8) is 0 Å². The molecule has 7 nitrogen and oxygen atoms in total. The van der Waals surface area contributed by atoms with Crippen LogP contribution in [0.3, 0.4) is 0 Å². The van der Waals surface area contributed by atoms with Crippen LogP contribution in [0, 0.1) is 5.92 Å². The first kappa shape index (κ1) is 20.8. The fraction of sp³-hybridized carbons (Fsp3) is 0.818. The van der Waals surface area contributed by atoms with Gasteiger partial charge in [-0.25, -0.2) is 0 Å². The van der Waals surface area contributed by atoms with Gasteiger partial charge < -0.3 is 37.0 Å². The maximum absolute atomic E-state index is 9.94. The molecule has 1 saturated carbocycles. The molecular weight excluding hydrogens is 433 g/mol. The molecule has 0 amide bonds. The quantitative estimate of drug-likeness (QED) is 0.375. The summed E-state index contributed by atoms with van der Waals surface area (Å²) in [6.07, 6.45) is 4.65. The molecule has 0 heterocycles. The summed E-state index contributed by atoms with van der Waals surface area (Å²) in [7, 11) is 0. The maximum atomic E-state index is 9.94. The normalized spacial score (nSPS) is 21.9. The van der Waals surface area contributed by atoms with Crippen LogP contribution in [0.5, 0.6) is 0 Å². The first-order chi connectivity index (χ1) is 8.40. The second-order valence-corrected chi connectivity index (χ2v) is 4.38. The van der Waals surface area contributed by atoms with E-state index < -0.39 is 17.9 Å². The fourth-order valence-electron chi connectivity index (χ4n) is 1.69. The van der Waals surface area contributed by atoms with Crippen LogP contribution in [0.15, 0.2) is 0 Å². The largest absolute Gasteiger partial charge is 2.00 e. The van der Waals surface area contributed by atoms with E-state index in [1.165, 1.54) is 12.8 Å². The SMILES string of the molecule is NC1CCCCC1N.NCCC(C(=O)[O-])C(=O)[O-].[Pt+2]. The molecule has 1 aliphatic rings. The molecule has 0 aromatic carbocycles. The second-order valence-electron chi connectivity index (χ2n) is 4.38. The van der Waals surface area contributed by atoms with Gasteiger partial charge in [0.25, 0.3) is 0 Å². The summed E-state index contributed by atoms with van der Waals surface area (Å²) in [4.78, 5) is 19.9. The minimum atomic E-state index is -1.65. The molecule has 0 aromatic rings. The zero-order chi connectivity index (χ0) is 14.1. The van der Waals surface area contributed by atoms with Crippen molar-refractivity contribution < 1.29 is 40.9 Å². The van der Waals surface area contributed by atoms with Gasteiger partial charge in [0.1, 0.15) is 0 Å². The number of carboxylic acids is 2. The number of carboxylic acid groups (broad SMARTS) is 2. The number of hydrogen-bond acceptors (Lipinski definition) is 7. The number of aliphatic carboxylic acids is 2. The Kier molecular flexibility index (Phi) is 12.4. The number of nitrogens with two attached hydrogens (primary N) is 3. The molecule has 0 spiro atoms. The Hall–Kier alpha value is -0.492. The Morgan fingerprint density at radius 1 is 1.05 bits per heavy atom. The van der Waals surface area contributed by atoms with Crippen molar-refractivity contribution in [2.45, 2.75) is 44.2 Å². The van der Waals surface area contributed by atoms with Crippen molar-refractivity contribution >= 4 is 11.9 Å². The maximum Gasteiger partial charge on any atom is 2.00 e. The molecule has 2 unspecified atom stereocenters. The molecule has 114 valence electrons. The fourth-order valence-corrected chi connectivity index (χ4v) is 1.69. The molecule has 0 aromatic heterocycles. The van der Waals surface area contributed by atoms with E-state index >= 15 is 0 Å². The first-order valence-corrected chi connectivity index (χ1v) is 6.03. The van der Waals surface area contributed by atoms with Crippen LogP contribution in [0.1, 0.15) is 32.1 Å². The molecule has 0 radical (unpaired) electrons. The molecule has 0 saturated heterocycles. The monoisotopic (exact) mass is 454 g/mol. The summed E-state index contributed by atoms with van der Waals surface area (Å²) >= 11 is 0. The number of carbonyl (C=O) groups is 2. The summed E-state index contributed by atoms with van der Waals surface area (Å²) in [6.45, 7) is -0.00731. The van der Waals surface area contributed by atoms with Gasteiger partial charge >= 0.3 is 21.1 Å². The standard InChI is InChI=1S/C6H14N2.C5H9NO4.Pt/c7-5-3-1-2-4-6(5)8;6-2-1-3(4(7)8)5(9)10;/h5-6H,1-4,7-8H2;3H,1-2,6H2,(H,7,8)(H,9,10);/q;;+2/p-2. The van der Waals surface area contributed by atoms with Crippen molar-refractivity contribution in [1.29, 1.82) is 0 Å². The summed E-state index contributed by atoms with van der Waals surface area (Å²) in [5.41, 5.74) is 16.2. The van der Waals surface area contributed by atoms with Gasteiger partial charge in [-0.15, -0.1) is 0 Å². The third-order valence-corrected chi connectivity index (χ3v) is 2.90. The Bertz CT molecular complexity index is 255. The number of hydrogen-bond donors (Lipinski definition) is 3. The summed E-state index contributed by atoms with van der Waals surface area (Å²) in [5.74, 6) is -4.87. The molecule has 1 aliphatic carbocycles. The minimum absolute atomic E-state index is 0. The van der Waals surface area contributed by atoms with Crippen molar-refractivity contribution in [3.8, 4) is 0 Å². The van der Waals surface area contributed by atoms with Gasteiger partial charge in [0.15, 0.2) is 0 Å². The molecule has 6 N–H and O–H groups in total. The van der Waals surface area contributed by atoms with Gasteiger partial charge in [0, 0.05) is 18.0 Å². The zero-order valence-electron chi connectivity index (χ0n) is 10.7. The zero-order valence-corrected chi connectivity index (χ0v) is 12.9. The predicted molar refractivity (Wildman–Crippen MR) is 61.6 cm³/mol. The average molecular weight is 454 g/mol. The van der Waals surface area contributed by atoms with Gasteiger partial charge in [-0.05, 0) is 25.8 Å². The van der Waals surface area contributed by atoms with Gasteiger partial charge in [0.2, 0.25) is 0 Å². The van der Waals surface area contributed by atoms with E-state index in [2.05, 4.69) is 0 Å². The third kappa shape index (κ3) is 9.10. The van der Waals surface area contributed by atoms with E-state index in [0.29, 0.717) is 0 Å². The predicted octanol–water partition coefficient (Wildman–Crippen LogP) is -3.34. The van der Waals surface area contributed by atoms with Crippen LogP contribution in [0.2, 0.25) is 0 Å². The Morgan fingerprint density at radius 3 is 1.58 bits per heavy atom. The Balaban J connectivity index is 0. The molecule has 1 fully saturated rings. The molecule has 19 heavy (non-hydrogen) atoms. The average Bonchev–Trinajstić information content (AvgIpc) is 2.30. The third-order valence-electron chi connectivity index (χ3n) is 2.90. The van der Waals surface area contributed by atoms with E-state index in [1.54, 1.807) is 0 Å².